The van der Waals surface area contributed by atoms with Crippen LogP contribution in [0.4, 0.5) is 0 Å². The fourth-order valence-electron chi connectivity index (χ4n) is 6.80. The maximum atomic E-state index is 6.14. The lowest BCUT2D eigenvalue weighted by Gasteiger charge is -2.17. The van der Waals surface area contributed by atoms with E-state index in [2.05, 4.69) is 156 Å². The van der Waals surface area contributed by atoms with Crippen molar-refractivity contribution in [2.24, 2.45) is 0 Å². The van der Waals surface area contributed by atoms with Crippen molar-refractivity contribution in [1.82, 2.24) is 4.57 Å². The molecule has 0 spiro atoms. The van der Waals surface area contributed by atoms with Crippen LogP contribution in [0.25, 0.3) is 82.8 Å². The number of rotatable bonds is 4. The van der Waals surface area contributed by atoms with Crippen LogP contribution in [0.3, 0.4) is 0 Å². The molecule has 0 radical (unpaired) electrons. The van der Waals surface area contributed by atoms with E-state index in [1.54, 1.807) is 0 Å². The third kappa shape index (κ3) is 3.82. The number of para-hydroxylation sites is 3. The molecule has 2 aromatic heterocycles. The molecule has 9 aromatic rings. The van der Waals surface area contributed by atoms with Crippen molar-refractivity contribution in [3.8, 4) is 39.1 Å². The van der Waals surface area contributed by atoms with Gasteiger partial charge in [-0.3, -0.25) is 0 Å². The Hall–Kier alpha value is -5.86. The molecule has 2 nitrogen and oxygen atoms in total. The standard InChI is InChI=1S/C42H27NO/c1-2-12-28(13-3-1)29-22-24-40-36(26-29)34-17-7-10-20-39(34)43(40)38-19-9-6-16-33(38)32-15-5-4-14-31(32)30-23-25-42-37(27-30)35-18-8-11-21-41(35)44-42/h1-27H. The molecule has 7 aromatic carbocycles. The minimum absolute atomic E-state index is 0.910. The summed E-state index contributed by atoms with van der Waals surface area (Å²) in [4.78, 5) is 0. The zero-order valence-corrected chi connectivity index (χ0v) is 23.9. The van der Waals surface area contributed by atoms with Crippen LogP contribution in [0.5, 0.6) is 0 Å². The maximum Gasteiger partial charge on any atom is 0.135 e. The van der Waals surface area contributed by atoms with Crippen molar-refractivity contribution >= 4 is 43.7 Å². The summed E-state index contributed by atoms with van der Waals surface area (Å²) in [6.45, 7) is 0. The third-order valence-corrected chi connectivity index (χ3v) is 8.83. The van der Waals surface area contributed by atoms with E-state index in [-0.39, 0.29) is 0 Å². The Kier molecular flexibility index (Phi) is 5.54. The van der Waals surface area contributed by atoms with Crippen molar-refractivity contribution < 1.29 is 4.42 Å². The van der Waals surface area contributed by atoms with Crippen LogP contribution < -0.4 is 0 Å². The third-order valence-electron chi connectivity index (χ3n) is 8.83. The molecule has 2 heteroatoms. The van der Waals surface area contributed by atoms with E-state index >= 15 is 0 Å². The second-order valence-corrected chi connectivity index (χ2v) is 11.3. The number of fused-ring (bicyclic) bond motifs is 6. The van der Waals surface area contributed by atoms with Gasteiger partial charge in [-0.1, -0.05) is 121 Å². The molecule has 0 N–H and O–H groups in total. The first kappa shape index (κ1) is 24.7. The Morgan fingerprint density at radius 1 is 0.341 bits per heavy atom. The predicted molar refractivity (Wildman–Crippen MR) is 184 cm³/mol. The van der Waals surface area contributed by atoms with Crippen LogP contribution in [0.15, 0.2) is 168 Å². The van der Waals surface area contributed by atoms with Gasteiger partial charge in [-0.2, -0.15) is 0 Å². The minimum Gasteiger partial charge on any atom is -0.456 e. The van der Waals surface area contributed by atoms with Crippen LogP contribution in [-0.4, -0.2) is 4.57 Å². The Morgan fingerprint density at radius 3 is 1.84 bits per heavy atom. The highest BCUT2D eigenvalue weighted by Crippen LogP contribution is 2.41. The highest BCUT2D eigenvalue weighted by atomic mass is 16.3. The number of hydrogen-bond donors (Lipinski definition) is 0. The summed E-state index contributed by atoms with van der Waals surface area (Å²) in [6, 6.07) is 58.6. The molecule has 0 aliphatic carbocycles. The summed E-state index contributed by atoms with van der Waals surface area (Å²) in [7, 11) is 0. The predicted octanol–water partition coefficient (Wildman–Crippen LogP) is 11.7. The van der Waals surface area contributed by atoms with Crippen LogP contribution in [0.2, 0.25) is 0 Å². The van der Waals surface area contributed by atoms with E-state index in [1.807, 2.05) is 12.1 Å². The summed E-state index contributed by atoms with van der Waals surface area (Å²) >= 11 is 0. The molecular weight excluding hydrogens is 534 g/mol. The molecular formula is C42H27NO. The van der Waals surface area contributed by atoms with Gasteiger partial charge in [0.1, 0.15) is 11.2 Å². The second kappa shape index (κ2) is 9.86. The number of furan rings is 1. The average molecular weight is 562 g/mol. The quantitative estimate of drug-likeness (QED) is 0.209. The SMILES string of the molecule is c1ccc(-c2ccc3c(c2)c2ccccc2n3-c2ccccc2-c2ccccc2-c2ccc3oc4ccccc4c3c2)cc1. The summed E-state index contributed by atoms with van der Waals surface area (Å²) in [6.07, 6.45) is 0. The first-order valence-electron chi connectivity index (χ1n) is 15.0. The topological polar surface area (TPSA) is 18.1 Å². The number of hydrogen-bond acceptors (Lipinski definition) is 1. The Morgan fingerprint density at radius 2 is 0.955 bits per heavy atom. The fraction of sp³-hybridized carbons (Fsp3) is 0. The first-order chi connectivity index (χ1) is 21.8. The van der Waals surface area contributed by atoms with E-state index in [9.17, 15) is 0 Å². The Balaban J connectivity index is 1.27. The molecule has 0 atom stereocenters. The van der Waals surface area contributed by atoms with Gasteiger partial charge in [0, 0.05) is 27.1 Å². The van der Waals surface area contributed by atoms with Crippen molar-refractivity contribution in [2.45, 2.75) is 0 Å². The molecule has 9 rings (SSSR count). The van der Waals surface area contributed by atoms with Crippen LogP contribution >= 0.6 is 0 Å². The largest absolute Gasteiger partial charge is 0.456 e. The molecule has 0 saturated heterocycles. The number of nitrogens with zero attached hydrogens (tertiary/aromatic N) is 1. The molecule has 2 heterocycles. The lowest BCUT2D eigenvalue weighted by atomic mass is 9.92. The van der Waals surface area contributed by atoms with Crippen LogP contribution in [0, 0.1) is 0 Å². The monoisotopic (exact) mass is 561 g/mol. The summed E-state index contributed by atoms with van der Waals surface area (Å²) in [5.41, 5.74) is 12.6. The summed E-state index contributed by atoms with van der Waals surface area (Å²) in [5, 5.41) is 4.78. The van der Waals surface area contributed by atoms with E-state index in [0.29, 0.717) is 0 Å². The Labute approximate surface area is 255 Å². The van der Waals surface area contributed by atoms with Crippen molar-refractivity contribution in [2.75, 3.05) is 0 Å². The van der Waals surface area contributed by atoms with Gasteiger partial charge >= 0.3 is 0 Å². The van der Waals surface area contributed by atoms with Gasteiger partial charge in [0.05, 0.1) is 16.7 Å². The normalized spacial score (nSPS) is 11.6. The van der Waals surface area contributed by atoms with Crippen molar-refractivity contribution in [3.63, 3.8) is 0 Å². The van der Waals surface area contributed by atoms with E-state index < -0.39 is 0 Å². The van der Waals surface area contributed by atoms with Gasteiger partial charge < -0.3 is 8.98 Å². The zero-order chi connectivity index (χ0) is 29.0. The average Bonchev–Trinajstić information content (AvgIpc) is 3.63. The molecule has 0 aliphatic rings. The minimum atomic E-state index is 0.910. The highest BCUT2D eigenvalue weighted by molar-refractivity contribution is 6.11. The number of benzene rings is 7. The molecule has 206 valence electrons. The van der Waals surface area contributed by atoms with Gasteiger partial charge in [0.2, 0.25) is 0 Å². The smallest absolute Gasteiger partial charge is 0.135 e. The van der Waals surface area contributed by atoms with Gasteiger partial charge in [-0.15, -0.1) is 0 Å². The summed E-state index contributed by atoms with van der Waals surface area (Å²) in [5.74, 6) is 0. The van der Waals surface area contributed by atoms with Crippen LogP contribution in [0.1, 0.15) is 0 Å². The fourth-order valence-corrected chi connectivity index (χ4v) is 6.80. The molecule has 0 aliphatic heterocycles. The van der Waals surface area contributed by atoms with E-state index in [1.165, 1.54) is 55.2 Å². The van der Waals surface area contributed by atoms with Gasteiger partial charge in [0.25, 0.3) is 0 Å². The molecule has 0 saturated carbocycles. The molecule has 0 fully saturated rings. The lowest BCUT2D eigenvalue weighted by molar-refractivity contribution is 0.669. The highest BCUT2D eigenvalue weighted by Gasteiger charge is 2.18. The molecule has 0 bridgehead atoms. The lowest BCUT2D eigenvalue weighted by Crippen LogP contribution is -1.98. The Bertz CT molecular complexity index is 2500. The van der Waals surface area contributed by atoms with Gasteiger partial charge in [-0.05, 0) is 70.3 Å². The molecule has 0 unspecified atom stereocenters. The summed E-state index contributed by atoms with van der Waals surface area (Å²) < 4.78 is 8.57. The number of aromatic nitrogens is 1. The van der Waals surface area contributed by atoms with E-state index in [0.717, 1.165) is 27.6 Å². The van der Waals surface area contributed by atoms with Crippen molar-refractivity contribution in [1.29, 1.82) is 0 Å². The zero-order valence-electron chi connectivity index (χ0n) is 23.9. The maximum absolute atomic E-state index is 6.14. The molecule has 0 amide bonds. The molecule has 44 heavy (non-hydrogen) atoms. The van der Waals surface area contributed by atoms with E-state index in [4.69, 9.17) is 4.42 Å². The van der Waals surface area contributed by atoms with Gasteiger partial charge in [-0.25, -0.2) is 0 Å². The van der Waals surface area contributed by atoms with Crippen LogP contribution in [-0.2, 0) is 0 Å². The second-order valence-electron chi connectivity index (χ2n) is 11.3. The van der Waals surface area contributed by atoms with Crippen molar-refractivity contribution in [3.05, 3.63) is 164 Å². The first-order valence-corrected chi connectivity index (χ1v) is 15.0. The van der Waals surface area contributed by atoms with Gasteiger partial charge in [0.15, 0.2) is 0 Å².